The predicted octanol–water partition coefficient (Wildman–Crippen LogP) is 3.43. The molecule has 2 rings (SSSR count). The average Bonchev–Trinajstić information content (AvgIpc) is 2.92. The Bertz CT molecular complexity index is 716. The minimum absolute atomic E-state index is 0.0345. The molecule has 128 valence electrons. The van der Waals surface area contributed by atoms with Gasteiger partial charge in [0, 0.05) is 11.4 Å². The number of carboxylic acid groups (broad SMARTS) is 1. The minimum Gasteiger partial charge on any atom is -0.481 e. The van der Waals surface area contributed by atoms with Crippen LogP contribution in [0.4, 0.5) is 5.69 Å². The Balaban J connectivity index is 2.09. The maximum Gasteiger partial charge on any atom is 0.307 e. The highest BCUT2D eigenvalue weighted by molar-refractivity contribution is 6.02. The van der Waals surface area contributed by atoms with Crippen molar-refractivity contribution in [2.24, 2.45) is 0 Å². The van der Waals surface area contributed by atoms with Gasteiger partial charge in [0.2, 0.25) is 0 Å². The van der Waals surface area contributed by atoms with Crippen molar-refractivity contribution in [3.05, 3.63) is 47.3 Å². The van der Waals surface area contributed by atoms with Crippen molar-refractivity contribution in [1.29, 1.82) is 0 Å². The Hall–Kier alpha value is -2.63. The monoisotopic (exact) mass is 329 g/mol. The number of benzene rings is 1. The number of aromatic nitrogens is 2. The molecule has 0 bridgehead atoms. The fraction of sp³-hybridized carbons (Fsp3) is 0.389. The summed E-state index contributed by atoms with van der Waals surface area (Å²) in [6, 6.07) is 8.85. The Morgan fingerprint density at radius 3 is 2.38 bits per heavy atom. The number of amides is 1. The summed E-state index contributed by atoms with van der Waals surface area (Å²) in [7, 11) is 0. The lowest BCUT2D eigenvalue weighted by atomic mass is 10.1. The van der Waals surface area contributed by atoms with Gasteiger partial charge < -0.3 is 10.4 Å². The van der Waals surface area contributed by atoms with Crippen LogP contribution in [0.15, 0.2) is 30.3 Å². The highest BCUT2D eigenvalue weighted by Gasteiger charge is 2.16. The Morgan fingerprint density at radius 2 is 1.83 bits per heavy atom. The molecule has 1 aromatic carbocycles. The molecule has 0 unspecified atom stereocenters. The second-order valence-electron chi connectivity index (χ2n) is 5.81. The molecule has 2 aromatic rings. The molecule has 1 aromatic heterocycles. The summed E-state index contributed by atoms with van der Waals surface area (Å²) in [5.41, 5.74) is 2.65. The van der Waals surface area contributed by atoms with Gasteiger partial charge in [0.05, 0.1) is 12.5 Å². The Labute approximate surface area is 141 Å². The molecule has 0 radical (unpaired) electrons. The molecule has 0 spiro atoms. The summed E-state index contributed by atoms with van der Waals surface area (Å²) in [4.78, 5) is 23.0. The number of hydrogen-bond donors (Lipinski definition) is 2. The van der Waals surface area contributed by atoms with Gasteiger partial charge in [0.1, 0.15) is 0 Å². The van der Waals surface area contributed by atoms with Gasteiger partial charge in [-0.3, -0.25) is 14.3 Å². The van der Waals surface area contributed by atoms with E-state index in [1.54, 1.807) is 30.3 Å². The van der Waals surface area contributed by atoms with Crippen LogP contribution in [-0.2, 0) is 11.2 Å². The molecule has 1 heterocycles. The normalized spacial score (nSPS) is 10.8. The lowest BCUT2D eigenvalue weighted by Gasteiger charge is -2.14. The van der Waals surface area contributed by atoms with Gasteiger partial charge >= 0.3 is 5.97 Å². The molecule has 0 fully saturated rings. The van der Waals surface area contributed by atoms with E-state index < -0.39 is 5.97 Å². The van der Waals surface area contributed by atoms with Crippen molar-refractivity contribution in [3.63, 3.8) is 0 Å². The van der Waals surface area contributed by atoms with Crippen molar-refractivity contribution in [1.82, 2.24) is 9.78 Å². The maximum absolute atomic E-state index is 12.4. The number of hydrogen-bond acceptors (Lipinski definition) is 3. The molecule has 2 N–H and O–H groups in total. The SMILES string of the molecule is CCC(CC)n1nc(C(=O)Nc2ccc(CC(=O)O)cc2)cc1C. The van der Waals surface area contributed by atoms with E-state index in [-0.39, 0.29) is 12.3 Å². The van der Waals surface area contributed by atoms with Gasteiger partial charge in [-0.05, 0) is 43.5 Å². The first-order valence-corrected chi connectivity index (χ1v) is 8.12. The maximum atomic E-state index is 12.4. The fourth-order valence-corrected chi connectivity index (χ4v) is 2.68. The summed E-state index contributed by atoms with van der Waals surface area (Å²) in [5.74, 6) is -1.15. The van der Waals surface area contributed by atoms with Crippen LogP contribution in [0.5, 0.6) is 0 Å². The van der Waals surface area contributed by atoms with E-state index in [0.29, 0.717) is 23.0 Å². The van der Waals surface area contributed by atoms with Gasteiger partial charge in [0.15, 0.2) is 5.69 Å². The van der Waals surface area contributed by atoms with Crippen LogP contribution in [0.25, 0.3) is 0 Å². The van der Waals surface area contributed by atoms with Gasteiger partial charge in [-0.15, -0.1) is 0 Å². The number of carbonyl (C=O) groups excluding carboxylic acids is 1. The third-order valence-corrected chi connectivity index (χ3v) is 4.01. The van der Waals surface area contributed by atoms with Crippen LogP contribution in [-0.4, -0.2) is 26.8 Å². The van der Waals surface area contributed by atoms with E-state index in [1.165, 1.54) is 0 Å². The summed E-state index contributed by atoms with van der Waals surface area (Å²) in [6.07, 6.45) is 1.89. The lowest BCUT2D eigenvalue weighted by Crippen LogP contribution is -2.15. The zero-order chi connectivity index (χ0) is 17.7. The number of nitrogens with zero attached hydrogens (tertiary/aromatic N) is 2. The summed E-state index contributed by atoms with van der Waals surface area (Å²) < 4.78 is 1.91. The number of anilines is 1. The van der Waals surface area contributed by atoms with Crippen molar-refractivity contribution in [2.75, 3.05) is 5.32 Å². The zero-order valence-corrected chi connectivity index (χ0v) is 14.2. The minimum atomic E-state index is -0.880. The number of rotatable bonds is 7. The zero-order valence-electron chi connectivity index (χ0n) is 14.2. The van der Waals surface area contributed by atoms with Crippen molar-refractivity contribution in [3.8, 4) is 0 Å². The van der Waals surface area contributed by atoms with E-state index in [9.17, 15) is 9.59 Å². The Kier molecular flexibility index (Phi) is 5.73. The summed E-state index contributed by atoms with van der Waals surface area (Å²) in [5, 5.41) is 16.0. The summed E-state index contributed by atoms with van der Waals surface area (Å²) in [6.45, 7) is 6.16. The summed E-state index contributed by atoms with van der Waals surface area (Å²) >= 11 is 0. The third kappa shape index (κ3) is 4.22. The van der Waals surface area contributed by atoms with E-state index >= 15 is 0 Å². The molecule has 24 heavy (non-hydrogen) atoms. The molecular formula is C18H23N3O3. The highest BCUT2D eigenvalue weighted by Crippen LogP contribution is 2.19. The van der Waals surface area contributed by atoms with Gasteiger partial charge in [-0.1, -0.05) is 26.0 Å². The molecule has 0 saturated heterocycles. The number of aryl methyl sites for hydroxylation is 1. The molecule has 6 heteroatoms. The fourth-order valence-electron chi connectivity index (χ4n) is 2.68. The first kappa shape index (κ1) is 17.7. The van der Waals surface area contributed by atoms with Crippen molar-refractivity contribution >= 4 is 17.6 Å². The standard InChI is InChI=1S/C18H23N3O3/c1-4-15(5-2)21-12(3)10-16(20-21)18(24)19-14-8-6-13(7-9-14)11-17(22)23/h6-10,15H,4-5,11H2,1-3H3,(H,19,24)(H,22,23). The molecule has 0 aliphatic rings. The quantitative estimate of drug-likeness (QED) is 0.815. The molecule has 0 aliphatic heterocycles. The second-order valence-corrected chi connectivity index (χ2v) is 5.81. The molecule has 0 aliphatic carbocycles. The van der Waals surface area contributed by atoms with E-state index in [0.717, 1.165) is 18.5 Å². The number of carbonyl (C=O) groups is 2. The lowest BCUT2D eigenvalue weighted by molar-refractivity contribution is -0.136. The molecule has 6 nitrogen and oxygen atoms in total. The predicted molar refractivity (Wildman–Crippen MR) is 92.3 cm³/mol. The third-order valence-electron chi connectivity index (χ3n) is 4.01. The highest BCUT2D eigenvalue weighted by atomic mass is 16.4. The second kappa shape index (κ2) is 7.77. The number of carboxylic acids is 1. The first-order chi connectivity index (χ1) is 11.4. The molecule has 0 atom stereocenters. The van der Waals surface area contributed by atoms with Gasteiger partial charge in [0.25, 0.3) is 5.91 Å². The largest absolute Gasteiger partial charge is 0.481 e. The molecule has 0 saturated carbocycles. The Morgan fingerprint density at radius 1 is 1.21 bits per heavy atom. The van der Waals surface area contributed by atoms with Crippen LogP contribution in [0.2, 0.25) is 0 Å². The van der Waals surface area contributed by atoms with Crippen LogP contribution >= 0.6 is 0 Å². The van der Waals surface area contributed by atoms with Crippen molar-refractivity contribution in [2.45, 2.75) is 46.1 Å². The van der Waals surface area contributed by atoms with E-state index in [2.05, 4.69) is 24.3 Å². The van der Waals surface area contributed by atoms with Crippen LogP contribution in [0, 0.1) is 6.92 Å². The van der Waals surface area contributed by atoms with Crippen LogP contribution in [0.1, 0.15) is 54.5 Å². The number of nitrogens with one attached hydrogen (secondary N) is 1. The van der Waals surface area contributed by atoms with Crippen LogP contribution < -0.4 is 5.32 Å². The van der Waals surface area contributed by atoms with Crippen LogP contribution in [0.3, 0.4) is 0 Å². The van der Waals surface area contributed by atoms with Gasteiger partial charge in [-0.25, -0.2) is 0 Å². The molecule has 1 amide bonds. The van der Waals surface area contributed by atoms with Gasteiger partial charge in [-0.2, -0.15) is 5.10 Å². The average molecular weight is 329 g/mol. The van der Waals surface area contributed by atoms with E-state index in [4.69, 9.17) is 5.11 Å². The molecular weight excluding hydrogens is 306 g/mol. The topological polar surface area (TPSA) is 84.2 Å². The van der Waals surface area contributed by atoms with Crippen molar-refractivity contribution < 1.29 is 14.7 Å². The smallest absolute Gasteiger partial charge is 0.307 e. The first-order valence-electron chi connectivity index (χ1n) is 8.12. The van der Waals surface area contributed by atoms with E-state index in [1.807, 2.05) is 11.6 Å². The number of aliphatic carboxylic acids is 1.